The highest BCUT2D eigenvalue weighted by atomic mass is 15.3. The SMILES string of the molecule is C/C=C/c1ccc2c(c1)C(CCCCCCN(C(C)C)C(C)C)(CCCCCC[N+](C)(C)C)c1cc(/C=C/c3ccc(C)cc3)ccc1-2. The number of quaternary nitrogens is 1. The summed E-state index contributed by atoms with van der Waals surface area (Å²) >= 11 is 0. The third-order valence-electron chi connectivity index (χ3n) is 10.6. The van der Waals surface area contributed by atoms with Crippen LogP contribution in [0.2, 0.25) is 0 Å². The van der Waals surface area contributed by atoms with Crippen molar-refractivity contribution in [2.75, 3.05) is 34.2 Å². The number of aryl methyl sites for hydroxylation is 1. The molecule has 0 aliphatic heterocycles. The molecule has 1 unspecified atom stereocenters. The number of benzene rings is 3. The maximum absolute atomic E-state index is 2.65. The van der Waals surface area contributed by atoms with Crippen molar-refractivity contribution in [3.8, 4) is 11.1 Å². The fourth-order valence-electron chi connectivity index (χ4n) is 8.02. The van der Waals surface area contributed by atoms with E-state index in [4.69, 9.17) is 0 Å². The zero-order valence-electron chi connectivity index (χ0n) is 32.1. The first kappa shape index (κ1) is 37.9. The largest absolute Gasteiger partial charge is 0.331 e. The van der Waals surface area contributed by atoms with Crippen LogP contribution < -0.4 is 0 Å². The molecule has 0 heterocycles. The maximum atomic E-state index is 2.65. The first-order valence-corrected chi connectivity index (χ1v) is 19.2. The molecule has 0 bridgehead atoms. The van der Waals surface area contributed by atoms with E-state index in [0.29, 0.717) is 12.1 Å². The molecule has 3 aromatic rings. The zero-order valence-corrected chi connectivity index (χ0v) is 32.1. The molecule has 0 saturated carbocycles. The summed E-state index contributed by atoms with van der Waals surface area (Å²) in [4.78, 5) is 2.65. The molecule has 0 N–H and O–H groups in total. The van der Waals surface area contributed by atoms with Crippen molar-refractivity contribution >= 4 is 18.2 Å². The van der Waals surface area contributed by atoms with E-state index in [1.165, 1.54) is 111 Å². The molecule has 0 amide bonds. The molecule has 0 aromatic heterocycles. The van der Waals surface area contributed by atoms with Crippen LogP contribution in [0.3, 0.4) is 0 Å². The highest BCUT2D eigenvalue weighted by Crippen LogP contribution is 2.55. The van der Waals surface area contributed by atoms with Crippen LogP contribution in [0.1, 0.15) is 132 Å². The highest BCUT2D eigenvalue weighted by molar-refractivity contribution is 5.84. The smallest absolute Gasteiger partial charge is 0.0780 e. The Morgan fingerprint density at radius 2 is 1.08 bits per heavy atom. The van der Waals surface area contributed by atoms with Crippen molar-refractivity contribution in [3.05, 3.63) is 100 Å². The lowest BCUT2D eigenvalue weighted by molar-refractivity contribution is -0.870. The molecular weight excluding hydrogens is 581 g/mol. The Kier molecular flexibility index (Phi) is 13.9. The Balaban J connectivity index is 1.63. The van der Waals surface area contributed by atoms with Crippen molar-refractivity contribution in [2.45, 2.75) is 123 Å². The van der Waals surface area contributed by atoms with Crippen LogP contribution in [0, 0.1) is 6.92 Å². The fourth-order valence-corrected chi connectivity index (χ4v) is 8.02. The predicted molar refractivity (Wildman–Crippen MR) is 214 cm³/mol. The standard InChI is InChI=1S/C46H67N2/c1-10-19-40-26-28-42-43-29-27-41(25-24-39-22-20-38(6)21-23-39)35-45(43)46(44(42)34-40,31-16-12-14-18-33-48(7,8)9)30-15-11-13-17-32-47(36(2)3)37(4)5/h10,19-29,34-37H,11-18,30-33H2,1-9H3/q+1/b19-10+,25-24+. The quantitative estimate of drug-likeness (QED) is 0.0711. The summed E-state index contributed by atoms with van der Waals surface area (Å²) < 4.78 is 1.06. The minimum absolute atomic E-state index is 0.0674. The van der Waals surface area contributed by atoms with Crippen LogP contribution in [0.25, 0.3) is 29.4 Å². The van der Waals surface area contributed by atoms with Crippen LogP contribution in [0.4, 0.5) is 0 Å². The summed E-state index contributed by atoms with van der Waals surface area (Å²) in [5.74, 6) is 0. The van der Waals surface area contributed by atoms with Crippen LogP contribution in [-0.4, -0.2) is 55.7 Å². The number of unbranched alkanes of at least 4 members (excludes halogenated alkanes) is 6. The lowest BCUT2D eigenvalue weighted by Gasteiger charge is -2.33. The normalized spacial score (nSPS) is 16.2. The van der Waals surface area contributed by atoms with Crippen molar-refractivity contribution in [2.24, 2.45) is 0 Å². The minimum Gasteiger partial charge on any atom is -0.331 e. The highest BCUT2D eigenvalue weighted by Gasteiger charge is 2.42. The molecule has 2 heteroatoms. The van der Waals surface area contributed by atoms with Gasteiger partial charge >= 0.3 is 0 Å². The van der Waals surface area contributed by atoms with Crippen molar-refractivity contribution in [3.63, 3.8) is 0 Å². The van der Waals surface area contributed by atoms with Gasteiger partial charge in [-0.1, -0.05) is 123 Å². The van der Waals surface area contributed by atoms with Gasteiger partial charge in [-0.3, -0.25) is 4.90 Å². The van der Waals surface area contributed by atoms with Gasteiger partial charge in [-0.25, -0.2) is 0 Å². The van der Waals surface area contributed by atoms with Gasteiger partial charge < -0.3 is 4.48 Å². The Hall–Kier alpha value is -2.94. The lowest BCUT2D eigenvalue weighted by Crippen LogP contribution is -2.37. The van der Waals surface area contributed by atoms with E-state index in [-0.39, 0.29) is 5.41 Å². The third kappa shape index (κ3) is 10.3. The molecular formula is C46H67N2+. The van der Waals surface area contributed by atoms with Gasteiger partial charge in [0.05, 0.1) is 27.7 Å². The number of allylic oxidation sites excluding steroid dienone is 1. The van der Waals surface area contributed by atoms with Gasteiger partial charge in [-0.05, 0) is 119 Å². The maximum Gasteiger partial charge on any atom is 0.0780 e. The summed E-state index contributed by atoms with van der Waals surface area (Å²) in [5, 5.41) is 0. The van der Waals surface area contributed by atoms with Crippen LogP contribution >= 0.6 is 0 Å². The minimum atomic E-state index is 0.0674. The van der Waals surface area contributed by atoms with Gasteiger partial charge in [0.15, 0.2) is 0 Å². The van der Waals surface area contributed by atoms with Gasteiger partial charge in [0.1, 0.15) is 0 Å². The summed E-state index contributed by atoms with van der Waals surface area (Å²) in [7, 11) is 6.95. The Morgan fingerprint density at radius 3 is 1.60 bits per heavy atom. The van der Waals surface area contributed by atoms with Crippen molar-refractivity contribution < 1.29 is 4.48 Å². The van der Waals surface area contributed by atoms with Gasteiger partial charge in [0.2, 0.25) is 0 Å². The van der Waals surface area contributed by atoms with Crippen LogP contribution in [-0.2, 0) is 5.41 Å². The molecule has 260 valence electrons. The summed E-state index contributed by atoms with van der Waals surface area (Å²) in [6, 6.07) is 24.7. The molecule has 1 aliphatic carbocycles. The van der Waals surface area contributed by atoms with Gasteiger partial charge in [0, 0.05) is 17.5 Å². The number of hydrogen-bond donors (Lipinski definition) is 0. The molecule has 0 saturated heterocycles. The fraction of sp³-hybridized carbons (Fsp3) is 0.522. The molecule has 2 nitrogen and oxygen atoms in total. The summed E-state index contributed by atoms with van der Waals surface area (Å²) in [6.07, 6.45) is 22.0. The Morgan fingerprint density at radius 1 is 0.604 bits per heavy atom. The van der Waals surface area contributed by atoms with E-state index in [0.717, 1.165) is 4.48 Å². The van der Waals surface area contributed by atoms with Crippen LogP contribution in [0.5, 0.6) is 0 Å². The number of nitrogens with zero attached hydrogens (tertiary/aromatic N) is 2. The Bertz CT molecular complexity index is 1480. The monoisotopic (exact) mass is 648 g/mol. The summed E-state index contributed by atoms with van der Waals surface area (Å²) in [5.41, 5.74) is 11.3. The molecule has 0 spiro atoms. The molecule has 0 radical (unpaired) electrons. The van der Waals surface area contributed by atoms with Gasteiger partial charge in [-0.15, -0.1) is 0 Å². The molecule has 1 atom stereocenters. The van der Waals surface area contributed by atoms with Crippen LogP contribution in [0.15, 0.2) is 66.7 Å². The van der Waals surface area contributed by atoms with E-state index in [2.05, 4.69) is 153 Å². The summed E-state index contributed by atoms with van der Waals surface area (Å²) in [6.45, 7) is 16.1. The number of rotatable bonds is 19. The van der Waals surface area contributed by atoms with Crippen molar-refractivity contribution in [1.29, 1.82) is 0 Å². The van der Waals surface area contributed by atoms with Gasteiger partial charge in [0.25, 0.3) is 0 Å². The second-order valence-corrected chi connectivity index (χ2v) is 16.2. The molecule has 0 fully saturated rings. The molecule has 4 rings (SSSR count). The predicted octanol–water partition coefficient (Wildman–Crippen LogP) is 12.2. The van der Waals surface area contributed by atoms with E-state index < -0.39 is 0 Å². The second-order valence-electron chi connectivity index (χ2n) is 16.2. The van der Waals surface area contributed by atoms with E-state index in [9.17, 15) is 0 Å². The van der Waals surface area contributed by atoms with E-state index >= 15 is 0 Å². The lowest BCUT2D eigenvalue weighted by atomic mass is 9.70. The topological polar surface area (TPSA) is 3.24 Å². The third-order valence-corrected chi connectivity index (χ3v) is 10.6. The average molecular weight is 648 g/mol. The first-order valence-electron chi connectivity index (χ1n) is 19.2. The van der Waals surface area contributed by atoms with Crippen molar-refractivity contribution in [1.82, 2.24) is 4.90 Å². The molecule has 1 aliphatic rings. The second kappa shape index (κ2) is 17.6. The molecule has 48 heavy (non-hydrogen) atoms. The van der Waals surface area contributed by atoms with Gasteiger partial charge in [-0.2, -0.15) is 0 Å². The number of fused-ring (bicyclic) bond motifs is 3. The first-order chi connectivity index (χ1) is 22.9. The van der Waals surface area contributed by atoms with E-state index in [1.54, 1.807) is 11.1 Å². The number of hydrogen-bond acceptors (Lipinski definition) is 1. The average Bonchev–Trinajstić information content (AvgIpc) is 3.29. The molecule has 3 aromatic carbocycles. The Labute approximate surface area is 295 Å². The zero-order chi connectivity index (χ0) is 34.7. The van der Waals surface area contributed by atoms with E-state index in [1.807, 2.05) is 0 Å².